The Morgan fingerprint density at radius 1 is 1.03 bits per heavy atom. The molecule has 3 aromatic heterocycles. The molecule has 2 unspecified atom stereocenters. The van der Waals surface area contributed by atoms with E-state index in [0.29, 0.717) is 0 Å². The van der Waals surface area contributed by atoms with Gasteiger partial charge in [-0.15, -0.1) is 0 Å². The van der Waals surface area contributed by atoms with Gasteiger partial charge in [-0.25, -0.2) is 0 Å². The zero-order valence-corrected chi connectivity index (χ0v) is 19.4. The summed E-state index contributed by atoms with van der Waals surface area (Å²) in [6.07, 6.45) is 0. The average Bonchev–Trinajstić information content (AvgIpc) is 3.43. The molecule has 6 rings (SSSR count). The molecule has 0 spiro atoms. The quantitative estimate of drug-likeness (QED) is 0.348. The molecule has 0 amide bonds. The first-order valence-corrected chi connectivity index (χ1v) is 11.3. The fourth-order valence-corrected chi connectivity index (χ4v) is 5.45. The van der Waals surface area contributed by atoms with Gasteiger partial charge < -0.3 is 19.6 Å². The van der Waals surface area contributed by atoms with E-state index >= 15 is 0 Å². The Morgan fingerprint density at radius 3 is 2.61 bits per heavy atom. The largest absolute Gasteiger partial charge is 0.496 e. The van der Waals surface area contributed by atoms with Crippen LogP contribution in [-0.4, -0.2) is 28.3 Å². The van der Waals surface area contributed by atoms with Gasteiger partial charge in [-0.05, 0) is 57.5 Å². The van der Waals surface area contributed by atoms with Crippen LogP contribution in [0.5, 0.6) is 5.75 Å². The SMILES string of the molecule is COc1cc2c(cc1-c1c(C)noc1C)[nH]c1cc(C)nc(C3c4ccccc4NC3C)c12. The number of rotatable bonds is 3. The predicted octanol–water partition coefficient (Wildman–Crippen LogP) is 6.25. The lowest BCUT2D eigenvalue weighted by Crippen LogP contribution is -2.18. The maximum absolute atomic E-state index is 5.86. The van der Waals surface area contributed by atoms with Crippen LogP contribution in [0.15, 0.2) is 47.0 Å². The predicted molar refractivity (Wildman–Crippen MR) is 131 cm³/mol. The van der Waals surface area contributed by atoms with Crippen molar-refractivity contribution in [2.24, 2.45) is 0 Å². The summed E-state index contributed by atoms with van der Waals surface area (Å²) in [4.78, 5) is 8.73. The number of aromatic amines is 1. The third-order valence-electron chi connectivity index (χ3n) is 6.83. The number of methoxy groups -OCH3 is 1. The molecule has 6 nitrogen and oxygen atoms in total. The molecule has 1 aliphatic heterocycles. The van der Waals surface area contributed by atoms with Crippen LogP contribution in [0.1, 0.15) is 41.2 Å². The Labute approximate surface area is 192 Å². The van der Waals surface area contributed by atoms with Crippen molar-refractivity contribution in [1.82, 2.24) is 15.1 Å². The van der Waals surface area contributed by atoms with E-state index < -0.39 is 0 Å². The highest BCUT2D eigenvalue weighted by molar-refractivity contribution is 6.11. The molecular weight excluding hydrogens is 412 g/mol. The van der Waals surface area contributed by atoms with Crippen molar-refractivity contribution >= 4 is 27.5 Å². The molecule has 1 aliphatic rings. The smallest absolute Gasteiger partial charge is 0.141 e. The molecule has 6 heteroatoms. The van der Waals surface area contributed by atoms with E-state index in [1.807, 2.05) is 13.8 Å². The van der Waals surface area contributed by atoms with E-state index in [2.05, 4.69) is 71.8 Å². The van der Waals surface area contributed by atoms with Crippen molar-refractivity contribution in [3.05, 3.63) is 70.9 Å². The number of nitrogens with one attached hydrogen (secondary N) is 2. The Bertz CT molecular complexity index is 1530. The monoisotopic (exact) mass is 438 g/mol. The Hall–Kier alpha value is -3.80. The highest BCUT2D eigenvalue weighted by Crippen LogP contribution is 2.45. The summed E-state index contributed by atoms with van der Waals surface area (Å²) in [5.74, 6) is 1.74. The fourth-order valence-electron chi connectivity index (χ4n) is 5.45. The summed E-state index contributed by atoms with van der Waals surface area (Å²) >= 11 is 0. The van der Waals surface area contributed by atoms with Gasteiger partial charge in [0, 0.05) is 45.2 Å². The number of pyridine rings is 1. The van der Waals surface area contributed by atoms with Crippen LogP contribution >= 0.6 is 0 Å². The molecule has 0 saturated heterocycles. The molecule has 0 radical (unpaired) electrons. The fraction of sp³-hybridized carbons (Fsp3) is 0.259. The molecule has 166 valence electrons. The van der Waals surface area contributed by atoms with Crippen molar-refractivity contribution < 1.29 is 9.26 Å². The lowest BCUT2D eigenvalue weighted by Gasteiger charge is -2.18. The normalized spacial score (nSPS) is 17.5. The van der Waals surface area contributed by atoms with Gasteiger partial charge in [0.25, 0.3) is 0 Å². The number of hydrogen-bond donors (Lipinski definition) is 2. The number of ether oxygens (including phenoxy) is 1. The standard InChI is InChI=1S/C27H26N4O2/c1-13-10-22-26(27(28-13)25-14(2)29-20-9-7-6-8-17(20)25)18-12-23(32-5)19(11-21(18)30-22)24-15(3)31-33-16(24)4/h6-12,14,25,29-30H,1-5H3. The number of benzene rings is 2. The molecule has 0 bridgehead atoms. The first-order chi connectivity index (χ1) is 16.0. The van der Waals surface area contributed by atoms with Crippen LogP contribution < -0.4 is 10.1 Å². The van der Waals surface area contributed by atoms with E-state index in [1.165, 1.54) is 11.3 Å². The first-order valence-electron chi connectivity index (χ1n) is 11.3. The zero-order valence-electron chi connectivity index (χ0n) is 19.4. The minimum Gasteiger partial charge on any atom is -0.496 e. The van der Waals surface area contributed by atoms with Crippen molar-refractivity contribution in [2.45, 2.75) is 39.7 Å². The van der Waals surface area contributed by atoms with E-state index in [4.69, 9.17) is 14.2 Å². The molecular formula is C27H26N4O2. The van der Waals surface area contributed by atoms with E-state index in [-0.39, 0.29) is 12.0 Å². The average molecular weight is 439 g/mol. The minimum atomic E-state index is 0.163. The Kier molecular flexibility index (Phi) is 4.27. The highest BCUT2D eigenvalue weighted by atomic mass is 16.5. The Balaban J connectivity index is 1.65. The summed E-state index contributed by atoms with van der Waals surface area (Å²) in [6, 6.07) is 15.2. The second-order valence-corrected chi connectivity index (χ2v) is 8.99. The topological polar surface area (TPSA) is 76.0 Å². The molecule has 5 aromatic rings. The van der Waals surface area contributed by atoms with Gasteiger partial charge in [-0.3, -0.25) is 4.98 Å². The highest BCUT2D eigenvalue weighted by Gasteiger charge is 2.33. The van der Waals surface area contributed by atoms with Crippen molar-refractivity contribution in [3.63, 3.8) is 0 Å². The Morgan fingerprint density at radius 2 is 1.85 bits per heavy atom. The molecule has 33 heavy (non-hydrogen) atoms. The van der Waals surface area contributed by atoms with Crippen molar-refractivity contribution in [2.75, 3.05) is 12.4 Å². The number of aryl methyl sites for hydroxylation is 3. The maximum atomic E-state index is 5.86. The first kappa shape index (κ1) is 19.9. The number of aromatic nitrogens is 3. The summed E-state index contributed by atoms with van der Waals surface area (Å²) in [5, 5.41) is 10.0. The zero-order chi connectivity index (χ0) is 22.9. The van der Waals surface area contributed by atoms with Crippen LogP contribution in [-0.2, 0) is 0 Å². The van der Waals surface area contributed by atoms with Gasteiger partial charge in [-0.1, -0.05) is 23.4 Å². The van der Waals surface area contributed by atoms with Crippen LogP contribution in [0.25, 0.3) is 32.9 Å². The molecule has 2 atom stereocenters. The lowest BCUT2D eigenvalue weighted by molar-refractivity contribution is 0.393. The van der Waals surface area contributed by atoms with Crippen LogP contribution in [0.3, 0.4) is 0 Å². The van der Waals surface area contributed by atoms with Crippen molar-refractivity contribution in [3.8, 4) is 16.9 Å². The van der Waals surface area contributed by atoms with Crippen LogP contribution in [0.2, 0.25) is 0 Å². The summed E-state index contributed by atoms with van der Waals surface area (Å²) < 4.78 is 11.3. The second kappa shape index (κ2) is 7.10. The number of H-pyrrole nitrogens is 1. The van der Waals surface area contributed by atoms with Gasteiger partial charge >= 0.3 is 0 Å². The van der Waals surface area contributed by atoms with Crippen LogP contribution in [0, 0.1) is 20.8 Å². The summed E-state index contributed by atoms with van der Waals surface area (Å²) in [6.45, 7) is 8.17. The third kappa shape index (κ3) is 2.86. The minimum absolute atomic E-state index is 0.163. The molecule has 0 aliphatic carbocycles. The number of anilines is 1. The summed E-state index contributed by atoms with van der Waals surface area (Å²) in [7, 11) is 1.71. The number of para-hydroxylation sites is 1. The van der Waals surface area contributed by atoms with Gasteiger partial charge in [-0.2, -0.15) is 0 Å². The third-order valence-corrected chi connectivity index (χ3v) is 6.83. The van der Waals surface area contributed by atoms with E-state index in [1.54, 1.807) is 7.11 Å². The van der Waals surface area contributed by atoms with E-state index in [0.717, 1.165) is 61.5 Å². The maximum Gasteiger partial charge on any atom is 0.141 e. The van der Waals surface area contributed by atoms with Gasteiger partial charge in [0.05, 0.1) is 29.6 Å². The number of hydrogen-bond acceptors (Lipinski definition) is 5. The van der Waals surface area contributed by atoms with Gasteiger partial charge in [0.1, 0.15) is 11.5 Å². The number of nitrogens with zero attached hydrogens (tertiary/aromatic N) is 2. The van der Waals surface area contributed by atoms with Crippen molar-refractivity contribution in [1.29, 1.82) is 0 Å². The second-order valence-electron chi connectivity index (χ2n) is 8.99. The van der Waals surface area contributed by atoms with Gasteiger partial charge in [0.2, 0.25) is 0 Å². The molecule has 0 fully saturated rings. The molecule has 4 heterocycles. The number of fused-ring (bicyclic) bond motifs is 4. The van der Waals surface area contributed by atoms with Gasteiger partial charge in [0.15, 0.2) is 0 Å². The van der Waals surface area contributed by atoms with E-state index in [9.17, 15) is 0 Å². The summed E-state index contributed by atoms with van der Waals surface area (Å²) in [5.41, 5.74) is 9.49. The van der Waals surface area contributed by atoms with Crippen LogP contribution in [0.4, 0.5) is 5.69 Å². The molecule has 0 saturated carbocycles. The molecule has 2 aromatic carbocycles. The molecule has 2 N–H and O–H groups in total. The lowest BCUT2D eigenvalue weighted by atomic mass is 9.89.